The molecule has 1 saturated heterocycles. The molecule has 0 spiro atoms. The van der Waals surface area contributed by atoms with E-state index in [1.807, 2.05) is 12.4 Å². The minimum Gasteiger partial charge on any atom is -0.393 e. The Bertz CT molecular complexity index is 362. The van der Waals surface area contributed by atoms with Crippen LogP contribution in [0.5, 0.6) is 0 Å². The largest absolute Gasteiger partial charge is 0.393 e. The zero-order chi connectivity index (χ0) is 11.0. The van der Waals surface area contributed by atoms with Crippen LogP contribution in [0.15, 0.2) is 12.4 Å². The van der Waals surface area contributed by atoms with E-state index in [2.05, 4.69) is 9.97 Å². The summed E-state index contributed by atoms with van der Waals surface area (Å²) in [5, 5.41) is 9.57. The molecule has 86 valence electrons. The molecule has 1 saturated carbocycles. The topological polar surface area (TPSA) is 55.2 Å². The number of hydrogen-bond acceptors (Lipinski definition) is 4. The van der Waals surface area contributed by atoms with E-state index in [-0.39, 0.29) is 12.2 Å². The Morgan fingerprint density at radius 3 is 2.56 bits per heavy atom. The lowest BCUT2D eigenvalue weighted by molar-refractivity contribution is -0.0450. The van der Waals surface area contributed by atoms with Gasteiger partial charge in [-0.25, -0.2) is 9.97 Å². The molecule has 16 heavy (non-hydrogen) atoms. The molecule has 0 amide bonds. The molecular weight excluding hydrogens is 204 g/mol. The molecule has 2 aliphatic rings. The van der Waals surface area contributed by atoms with E-state index >= 15 is 0 Å². The van der Waals surface area contributed by atoms with Gasteiger partial charge in [0.15, 0.2) is 0 Å². The van der Waals surface area contributed by atoms with Crippen LogP contribution in [-0.4, -0.2) is 27.8 Å². The predicted molar refractivity (Wildman–Crippen MR) is 57.9 cm³/mol. The fourth-order valence-corrected chi connectivity index (χ4v) is 2.08. The van der Waals surface area contributed by atoms with Crippen molar-refractivity contribution in [3.05, 3.63) is 23.8 Å². The van der Waals surface area contributed by atoms with Gasteiger partial charge in [-0.15, -0.1) is 0 Å². The maximum absolute atomic E-state index is 9.57. The van der Waals surface area contributed by atoms with Gasteiger partial charge in [0, 0.05) is 36.9 Å². The minimum absolute atomic E-state index is 0.0306. The van der Waals surface area contributed by atoms with Gasteiger partial charge in [-0.3, -0.25) is 0 Å². The lowest BCUT2D eigenvalue weighted by Crippen LogP contribution is -2.23. The van der Waals surface area contributed by atoms with Gasteiger partial charge in [-0.1, -0.05) is 0 Å². The first kappa shape index (κ1) is 10.2. The Balaban J connectivity index is 1.72. The van der Waals surface area contributed by atoms with Crippen LogP contribution < -0.4 is 0 Å². The van der Waals surface area contributed by atoms with Crippen LogP contribution in [0.1, 0.15) is 49.1 Å². The van der Waals surface area contributed by atoms with Crippen LogP contribution in [0.4, 0.5) is 0 Å². The smallest absolute Gasteiger partial charge is 0.131 e. The highest BCUT2D eigenvalue weighted by molar-refractivity contribution is 5.13. The van der Waals surface area contributed by atoms with Gasteiger partial charge in [0.05, 0.1) is 12.2 Å². The molecule has 0 aromatic carbocycles. The lowest BCUT2D eigenvalue weighted by Gasteiger charge is -2.26. The number of nitrogens with zero attached hydrogens (tertiary/aromatic N) is 2. The van der Waals surface area contributed by atoms with Crippen LogP contribution in [0.2, 0.25) is 0 Å². The molecule has 0 radical (unpaired) electrons. The minimum atomic E-state index is -0.248. The van der Waals surface area contributed by atoms with Crippen molar-refractivity contribution in [2.75, 3.05) is 6.61 Å². The summed E-state index contributed by atoms with van der Waals surface area (Å²) >= 11 is 0. The molecule has 2 heterocycles. The fraction of sp³-hybridized carbons (Fsp3) is 0.667. The highest BCUT2D eigenvalue weighted by atomic mass is 16.5. The van der Waals surface area contributed by atoms with Gasteiger partial charge in [0.2, 0.25) is 0 Å². The van der Waals surface area contributed by atoms with Crippen molar-refractivity contribution in [3.8, 4) is 0 Å². The molecule has 1 N–H and O–H groups in total. The Kier molecular flexibility index (Phi) is 2.61. The average Bonchev–Trinajstić information content (AvgIpc) is 3.13. The molecule has 2 atom stereocenters. The third-order valence-electron chi connectivity index (χ3n) is 3.26. The van der Waals surface area contributed by atoms with Crippen molar-refractivity contribution < 1.29 is 9.84 Å². The molecule has 1 aliphatic carbocycles. The molecule has 4 heteroatoms. The number of hydrogen-bond donors (Lipinski definition) is 1. The SMILES string of the molecule is O[C@H]1CCOC(c2cnc(C3CC3)nc2)C1. The predicted octanol–water partition coefficient (Wildman–Crippen LogP) is 1.57. The molecule has 4 nitrogen and oxygen atoms in total. The van der Waals surface area contributed by atoms with Crippen molar-refractivity contribution in [2.24, 2.45) is 0 Å². The molecule has 1 aliphatic heterocycles. The summed E-state index contributed by atoms with van der Waals surface area (Å²) in [6.45, 7) is 0.621. The first-order valence-corrected chi connectivity index (χ1v) is 5.94. The first-order valence-electron chi connectivity index (χ1n) is 5.94. The van der Waals surface area contributed by atoms with Crippen LogP contribution >= 0.6 is 0 Å². The second kappa shape index (κ2) is 4.11. The van der Waals surface area contributed by atoms with Crippen LogP contribution in [0.3, 0.4) is 0 Å². The Hall–Kier alpha value is -1.00. The van der Waals surface area contributed by atoms with E-state index in [4.69, 9.17) is 4.74 Å². The lowest BCUT2D eigenvalue weighted by atomic mass is 10.0. The Morgan fingerprint density at radius 1 is 1.19 bits per heavy atom. The quantitative estimate of drug-likeness (QED) is 0.822. The highest BCUT2D eigenvalue weighted by Crippen LogP contribution is 2.38. The normalized spacial score (nSPS) is 30.3. The van der Waals surface area contributed by atoms with Crippen molar-refractivity contribution in [2.45, 2.75) is 43.8 Å². The van der Waals surface area contributed by atoms with Gasteiger partial charge >= 0.3 is 0 Å². The van der Waals surface area contributed by atoms with E-state index in [1.54, 1.807) is 0 Å². The first-order chi connectivity index (χ1) is 7.83. The van der Waals surface area contributed by atoms with E-state index in [9.17, 15) is 5.11 Å². The molecule has 1 aromatic heterocycles. The number of aliphatic hydroxyl groups is 1. The zero-order valence-electron chi connectivity index (χ0n) is 9.17. The van der Waals surface area contributed by atoms with Gasteiger partial charge in [-0.05, 0) is 19.3 Å². The third-order valence-corrected chi connectivity index (χ3v) is 3.26. The van der Waals surface area contributed by atoms with Crippen molar-refractivity contribution in [1.82, 2.24) is 9.97 Å². The average molecular weight is 220 g/mol. The molecule has 1 aromatic rings. The van der Waals surface area contributed by atoms with Crippen LogP contribution in [-0.2, 0) is 4.74 Å². The summed E-state index contributed by atoms with van der Waals surface area (Å²) < 4.78 is 5.61. The summed E-state index contributed by atoms with van der Waals surface area (Å²) in [5.41, 5.74) is 0.989. The summed E-state index contributed by atoms with van der Waals surface area (Å²) in [6.07, 6.45) is 7.26. The van der Waals surface area contributed by atoms with E-state index in [0.29, 0.717) is 18.9 Å². The van der Waals surface area contributed by atoms with Gasteiger partial charge in [0.1, 0.15) is 5.82 Å². The Morgan fingerprint density at radius 2 is 1.94 bits per heavy atom. The number of aliphatic hydroxyl groups excluding tert-OH is 1. The summed E-state index contributed by atoms with van der Waals surface area (Å²) in [7, 11) is 0. The van der Waals surface area contributed by atoms with Gasteiger partial charge in [0.25, 0.3) is 0 Å². The maximum atomic E-state index is 9.57. The third kappa shape index (κ3) is 2.08. The summed E-state index contributed by atoms with van der Waals surface area (Å²) in [4.78, 5) is 8.74. The zero-order valence-corrected chi connectivity index (χ0v) is 9.17. The number of aromatic nitrogens is 2. The number of rotatable bonds is 2. The van der Waals surface area contributed by atoms with E-state index in [1.165, 1.54) is 12.8 Å². The van der Waals surface area contributed by atoms with Crippen molar-refractivity contribution in [1.29, 1.82) is 0 Å². The molecule has 1 unspecified atom stereocenters. The second-order valence-corrected chi connectivity index (χ2v) is 4.69. The summed E-state index contributed by atoms with van der Waals surface area (Å²) in [6, 6.07) is 0. The van der Waals surface area contributed by atoms with Crippen molar-refractivity contribution >= 4 is 0 Å². The number of ether oxygens (including phenoxy) is 1. The monoisotopic (exact) mass is 220 g/mol. The van der Waals surface area contributed by atoms with E-state index < -0.39 is 0 Å². The van der Waals surface area contributed by atoms with Crippen LogP contribution in [0, 0.1) is 0 Å². The molecule has 3 rings (SSSR count). The molecule has 2 fully saturated rings. The molecular formula is C12H16N2O2. The van der Waals surface area contributed by atoms with Gasteiger partial charge < -0.3 is 9.84 Å². The Labute approximate surface area is 94.7 Å². The summed E-state index contributed by atoms with van der Waals surface area (Å²) in [5.74, 6) is 1.55. The van der Waals surface area contributed by atoms with Crippen molar-refractivity contribution in [3.63, 3.8) is 0 Å². The second-order valence-electron chi connectivity index (χ2n) is 4.69. The fourth-order valence-electron chi connectivity index (χ4n) is 2.08. The standard InChI is InChI=1S/C12H16N2O2/c15-10-3-4-16-11(5-10)9-6-13-12(14-7-9)8-1-2-8/h6-8,10-11,15H,1-5H2/t10-,11?/m0/s1. The molecule has 0 bridgehead atoms. The van der Waals surface area contributed by atoms with Crippen LogP contribution in [0.25, 0.3) is 0 Å². The maximum Gasteiger partial charge on any atom is 0.131 e. The van der Waals surface area contributed by atoms with Gasteiger partial charge in [-0.2, -0.15) is 0 Å². The highest BCUT2D eigenvalue weighted by Gasteiger charge is 2.27. The van der Waals surface area contributed by atoms with E-state index in [0.717, 1.165) is 17.8 Å².